The summed E-state index contributed by atoms with van der Waals surface area (Å²) in [5.74, 6) is -0.986. The second-order valence-electron chi connectivity index (χ2n) is 4.59. The van der Waals surface area contributed by atoms with Gasteiger partial charge in [-0.3, -0.25) is 25.0 Å². The van der Waals surface area contributed by atoms with E-state index in [1.54, 1.807) is 0 Å². The molecule has 0 aliphatic heterocycles. The third kappa shape index (κ3) is 2.37. The van der Waals surface area contributed by atoms with Crippen LogP contribution in [-0.4, -0.2) is 20.9 Å². The third-order valence-electron chi connectivity index (χ3n) is 3.31. The third-order valence-corrected chi connectivity index (χ3v) is 3.31. The van der Waals surface area contributed by atoms with Gasteiger partial charge < -0.3 is 5.11 Å². The minimum atomic E-state index is -0.986. The fourth-order valence-corrected chi connectivity index (χ4v) is 1.97. The topological polar surface area (TPSA) is 124 Å². The van der Waals surface area contributed by atoms with Gasteiger partial charge in [-0.15, -0.1) is 0 Å². The maximum atomic E-state index is 11.1. The number of hydrogen-bond donors (Lipinski definition) is 1. The molecule has 0 spiro atoms. The van der Waals surface area contributed by atoms with Crippen LogP contribution >= 0.6 is 0 Å². The average molecular weight is 266 g/mol. The van der Waals surface area contributed by atoms with Crippen molar-refractivity contribution in [3.05, 3.63) is 44.0 Å². The van der Waals surface area contributed by atoms with Crippen molar-refractivity contribution in [3.8, 4) is 0 Å². The maximum absolute atomic E-state index is 11.1. The molecule has 100 valence electrons. The Kier molecular flexibility index (Phi) is 2.93. The van der Waals surface area contributed by atoms with E-state index < -0.39 is 26.9 Å². The summed E-state index contributed by atoms with van der Waals surface area (Å²) in [6.45, 7) is 0. The van der Waals surface area contributed by atoms with Crippen LogP contribution in [0.1, 0.15) is 18.4 Å². The van der Waals surface area contributed by atoms with Crippen molar-refractivity contribution in [3.63, 3.8) is 0 Å². The Labute approximate surface area is 107 Å². The van der Waals surface area contributed by atoms with Gasteiger partial charge in [0.05, 0.1) is 21.3 Å². The zero-order chi connectivity index (χ0) is 14.2. The molecule has 1 saturated carbocycles. The number of benzene rings is 1. The Hall–Kier alpha value is -2.51. The van der Waals surface area contributed by atoms with E-state index in [-0.39, 0.29) is 17.7 Å². The van der Waals surface area contributed by atoms with E-state index >= 15 is 0 Å². The van der Waals surface area contributed by atoms with Gasteiger partial charge in [-0.25, -0.2) is 0 Å². The molecule has 0 radical (unpaired) electrons. The van der Waals surface area contributed by atoms with Gasteiger partial charge in [-0.2, -0.15) is 0 Å². The highest BCUT2D eigenvalue weighted by atomic mass is 16.6. The summed E-state index contributed by atoms with van der Waals surface area (Å²) >= 11 is 0. The Balaban J connectivity index is 2.38. The lowest BCUT2D eigenvalue weighted by Gasteiger charge is -2.09. The lowest BCUT2D eigenvalue weighted by molar-refractivity contribution is -0.394. The first-order chi connectivity index (χ1) is 8.85. The highest BCUT2D eigenvalue weighted by Crippen LogP contribution is 2.49. The monoisotopic (exact) mass is 266 g/mol. The summed E-state index contributed by atoms with van der Waals surface area (Å²) in [7, 11) is 0. The summed E-state index contributed by atoms with van der Waals surface area (Å²) in [4.78, 5) is 31.1. The van der Waals surface area contributed by atoms with E-state index in [4.69, 9.17) is 5.11 Å². The molecule has 2 rings (SSSR count). The standard InChI is InChI=1S/C11H10N2O6/c14-10(15)11(3-4-11)6-7-1-2-8(12(16)17)5-9(7)13(18)19/h1-2,5H,3-4,6H2,(H,14,15). The molecule has 0 unspecified atom stereocenters. The zero-order valence-corrected chi connectivity index (χ0v) is 9.74. The first-order valence-corrected chi connectivity index (χ1v) is 5.51. The summed E-state index contributed by atoms with van der Waals surface area (Å²) in [5.41, 5.74) is -1.51. The normalized spacial score (nSPS) is 15.8. The number of nitro benzene ring substituents is 2. The molecule has 0 bridgehead atoms. The molecule has 0 saturated heterocycles. The number of carbonyl (C=O) groups is 1. The van der Waals surface area contributed by atoms with E-state index in [2.05, 4.69) is 0 Å². The van der Waals surface area contributed by atoms with Gasteiger partial charge in [0, 0.05) is 11.6 Å². The van der Waals surface area contributed by atoms with Gasteiger partial charge in [0.2, 0.25) is 0 Å². The summed E-state index contributed by atoms with van der Waals surface area (Å²) < 4.78 is 0. The molecule has 8 nitrogen and oxygen atoms in total. The maximum Gasteiger partial charge on any atom is 0.309 e. The van der Waals surface area contributed by atoms with Gasteiger partial charge in [0.15, 0.2) is 0 Å². The van der Waals surface area contributed by atoms with E-state index in [9.17, 15) is 25.0 Å². The molecule has 0 amide bonds. The fraction of sp³-hybridized carbons (Fsp3) is 0.364. The van der Waals surface area contributed by atoms with Crippen LogP contribution in [0.4, 0.5) is 11.4 Å². The number of carboxylic acids is 1. The van der Waals surface area contributed by atoms with Gasteiger partial charge in [-0.1, -0.05) is 0 Å². The second kappa shape index (κ2) is 4.30. The van der Waals surface area contributed by atoms with Crippen LogP contribution in [0, 0.1) is 25.6 Å². The molecular formula is C11H10N2O6. The minimum absolute atomic E-state index is 0.0244. The van der Waals surface area contributed by atoms with E-state index in [1.807, 2.05) is 0 Å². The first-order valence-electron chi connectivity index (χ1n) is 5.51. The Bertz CT molecular complexity index is 579. The van der Waals surface area contributed by atoms with Crippen LogP contribution < -0.4 is 0 Å². The number of aliphatic carboxylic acids is 1. The lowest BCUT2D eigenvalue weighted by atomic mass is 9.95. The molecule has 1 aromatic carbocycles. The molecule has 1 N–H and O–H groups in total. The van der Waals surface area contributed by atoms with Crippen molar-refractivity contribution in [2.45, 2.75) is 19.3 Å². The van der Waals surface area contributed by atoms with E-state index in [0.717, 1.165) is 12.1 Å². The molecule has 0 heterocycles. The summed E-state index contributed by atoms with van der Waals surface area (Å²) in [6.07, 6.45) is 0.962. The van der Waals surface area contributed by atoms with Gasteiger partial charge in [0.1, 0.15) is 0 Å². The van der Waals surface area contributed by atoms with Gasteiger partial charge in [-0.05, 0) is 25.3 Å². The highest BCUT2D eigenvalue weighted by molar-refractivity contribution is 5.78. The number of hydrogen-bond acceptors (Lipinski definition) is 5. The smallest absolute Gasteiger partial charge is 0.309 e. The van der Waals surface area contributed by atoms with Crippen LogP contribution in [0.5, 0.6) is 0 Å². The molecular weight excluding hydrogens is 256 g/mol. The Morgan fingerprint density at radius 1 is 1.26 bits per heavy atom. The summed E-state index contributed by atoms with van der Waals surface area (Å²) in [6, 6.07) is 3.28. The molecule has 8 heteroatoms. The molecule has 1 aliphatic carbocycles. The second-order valence-corrected chi connectivity index (χ2v) is 4.59. The average Bonchev–Trinajstić information content (AvgIpc) is 3.10. The fourth-order valence-electron chi connectivity index (χ4n) is 1.97. The Morgan fingerprint density at radius 2 is 1.89 bits per heavy atom. The number of rotatable bonds is 5. The Morgan fingerprint density at radius 3 is 2.32 bits per heavy atom. The zero-order valence-electron chi connectivity index (χ0n) is 9.74. The number of nitrogens with zero attached hydrogens (tertiary/aromatic N) is 2. The number of non-ortho nitro benzene ring substituents is 1. The van der Waals surface area contributed by atoms with Crippen molar-refractivity contribution in [1.82, 2.24) is 0 Å². The van der Waals surface area contributed by atoms with Crippen molar-refractivity contribution in [2.24, 2.45) is 5.41 Å². The van der Waals surface area contributed by atoms with Gasteiger partial charge >= 0.3 is 5.97 Å². The van der Waals surface area contributed by atoms with Crippen molar-refractivity contribution >= 4 is 17.3 Å². The van der Waals surface area contributed by atoms with Gasteiger partial charge in [0.25, 0.3) is 11.4 Å². The summed E-state index contributed by atoms with van der Waals surface area (Å²) in [5, 5.41) is 30.5. The van der Waals surface area contributed by atoms with Crippen LogP contribution in [0.25, 0.3) is 0 Å². The molecule has 1 fully saturated rings. The SMILES string of the molecule is O=C(O)C1(Cc2ccc([N+](=O)[O-])cc2[N+](=O)[O-])CC1. The highest BCUT2D eigenvalue weighted by Gasteiger charge is 2.51. The lowest BCUT2D eigenvalue weighted by Crippen LogP contribution is -2.18. The van der Waals surface area contributed by atoms with Crippen LogP contribution in [0.2, 0.25) is 0 Å². The van der Waals surface area contributed by atoms with Crippen LogP contribution in [0.15, 0.2) is 18.2 Å². The number of carboxylic acid groups (broad SMARTS) is 1. The first kappa shape index (κ1) is 12.9. The quantitative estimate of drug-likeness (QED) is 0.641. The molecule has 0 atom stereocenters. The predicted octanol–water partition coefficient (Wildman–Crippen LogP) is 1.91. The minimum Gasteiger partial charge on any atom is -0.481 e. The molecule has 19 heavy (non-hydrogen) atoms. The number of nitro groups is 2. The van der Waals surface area contributed by atoms with Crippen molar-refractivity contribution < 1.29 is 19.7 Å². The largest absolute Gasteiger partial charge is 0.481 e. The van der Waals surface area contributed by atoms with E-state index in [0.29, 0.717) is 12.8 Å². The molecule has 1 aromatic rings. The molecule has 0 aromatic heterocycles. The predicted molar refractivity (Wildman–Crippen MR) is 62.8 cm³/mol. The molecule has 1 aliphatic rings. The van der Waals surface area contributed by atoms with Crippen LogP contribution in [0.3, 0.4) is 0 Å². The van der Waals surface area contributed by atoms with E-state index in [1.165, 1.54) is 6.07 Å². The van der Waals surface area contributed by atoms with Crippen molar-refractivity contribution in [1.29, 1.82) is 0 Å². The van der Waals surface area contributed by atoms with Crippen molar-refractivity contribution in [2.75, 3.05) is 0 Å². The van der Waals surface area contributed by atoms with Crippen LogP contribution in [-0.2, 0) is 11.2 Å².